The van der Waals surface area contributed by atoms with Gasteiger partial charge in [0.15, 0.2) is 5.96 Å². The lowest BCUT2D eigenvalue weighted by Crippen LogP contribution is -2.40. The van der Waals surface area contributed by atoms with Crippen molar-refractivity contribution in [2.45, 2.75) is 30.7 Å². The summed E-state index contributed by atoms with van der Waals surface area (Å²) in [6.07, 6.45) is 0.396. The molecule has 3 rings (SSSR count). The van der Waals surface area contributed by atoms with Crippen molar-refractivity contribution < 1.29 is 13.2 Å². The summed E-state index contributed by atoms with van der Waals surface area (Å²) >= 11 is 0. The van der Waals surface area contributed by atoms with Crippen LogP contribution in [0.2, 0.25) is 0 Å². The Labute approximate surface area is 207 Å². The Hall–Kier alpha value is -2.18. The number of anilines is 1. The van der Waals surface area contributed by atoms with E-state index in [0.717, 1.165) is 11.3 Å². The minimum absolute atomic E-state index is 0. The zero-order valence-electron chi connectivity index (χ0n) is 18.5. The maximum absolute atomic E-state index is 12.6. The SMILES string of the molecule is CCNC(=NCc1ccccc1S(=O)(=O)N(C)C)NCC1CC(=O)Nc2ccccc21.I. The van der Waals surface area contributed by atoms with Crippen LogP contribution < -0.4 is 16.0 Å². The molecule has 1 aliphatic heterocycles. The van der Waals surface area contributed by atoms with Crippen molar-refractivity contribution in [2.24, 2.45) is 4.99 Å². The first-order valence-corrected chi connectivity index (χ1v) is 11.7. The van der Waals surface area contributed by atoms with Crippen molar-refractivity contribution in [3.05, 3.63) is 59.7 Å². The molecule has 1 atom stereocenters. The number of hydrogen-bond donors (Lipinski definition) is 3. The van der Waals surface area contributed by atoms with Gasteiger partial charge in [0.05, 0.1) is 11.4 Å². The molecule has 2 aromatic carbocycles. The van der Waals surface area contributed by atoms with Crippen molar-refractivity contribution >= 4 is 51.6 Å². The molecule has 0 radical (unpaired) electrons. The predicted molar refractivity (Wildman–Crippen MR) is 138 cm³/mol. The second-order valence-corrected chi connectivity index (χ2v) is 9.63. The van der Waals surface area contributed by atoms with E-state index >= 15 is 0 Å². The van der Waals surface area contributed by atoms with Gasteiger partial charge in [-0.15, -0.1) is 24.0 Å². The Bertz CT molecular complexity index is 1070. The average molecular weight is 571 g/mol. The number of benzene rings is 2. The zero-order chi connectivity index (χ0) is 22.4. The van der Waals surface area contributed by atoms with Crippen LogP contribution in [0.25, 0.3) is 0 Å². The van der Waals surface area contributed by atoms with Gasteiger partial charge in [-0.25, -0.2) is 17.7 Å². The number of guanidine groups is 1. The predicted octanol–water partition coefficient (Wildman–Crippen LogP) is 2.74. The van der Waals surface area contributed by atoms with Crippen molar-refractivity contribution in [2.75, 3.05) is 32.5 Å². The van der Waals surface area contributed by atoms with Gasteiger partial charge >= 0.3 is 0 Å². The lowest BCUT2D eigenvalue weighted by Gasteiger charge is -2.26. The second-order valence-electron chi connectivity index (χ2n) is 7.51. The van der Waals surface area contributed by atoms with E-state index in [1.807, 2.05) is 31.2 Å². The highest BCUT2D eigenvalue weighted by Gasteiger charge is 2.25. The van der Waals surface area contributed by atoms with Gasteiger partial charge < -0.3 is 16.0 Å². The normalized spacial score (nSPS) is 16.1. The zero-order valence-corrected chi connectivity index (χ0v) is 21.6. The highest BCUT2D eigenvalue weighted by atomic mass is 127. The molecule has 32 heavy (non-hydrogen) atoms. The summed E-state index contributed by atoms with van der Waals surface area (Å²) in [5.41, 5.74) is 2.55. The Kier molecular flexibility index (Phi) is 9.47. The van der Waals surface area contributed by atoms with E-state index < -0.39 is 10.0 Å². The monoisotopic (exact) mass is 571 g/mol. The number of carbonyl (C=O) groups is 1. The van der Waals surface area contributed by atoms with Gasteiger partial charge in [-0.3, -0.25) is 4.79 Å². The number of carbonyl (C=O) groups excluding carboxylic acids is 1. The summed E-state index contributed by atoms with van der Waals surface area (Å²) in [6.45, 7) is 3.37. The number of sulfonamides is 1. The number of hydrogen-bond acceptors (Lipinski definition) is 4. The van der Waals surface area contributed by atoms with Gasteiger partial charge in [-0.2, -0.15) is 0 Å². The van der Waals surface area contributed by atoms with E-state index in [1.165, 1.54) is 18.4 Å². The minimum atomic E-state index is -3.56. The molecule has 174 valence electrons. The lowest BCUT2D eigenvalue weighted by molar-refractivity contribution is -0.116. The van der Waals surface area contributed by atoms with E-state index in [0.29, 0.717) is 31.0 Å². The number of para-hydroxylation sites is 1. The molecule has 0 aliphatic carbocycles. The molecule has 1 unspecified atom stereocenters. The van der Waals surface area contributed by atoms with Crippen molar-refractivity contribution in [3.63, 3.8) is 0 Å². The molecule has 2 aromatic rings. The summed E-state index contributed by atoms with van der Waals surface area (Å²) in [5.74, 6) is 0.591. The van der Waals surface area contributed by atoms with Crippen LogP contribution in [-0.2, 0) is 21.4 Å². The molecular weight excluding hydrogens is 541 g/mol. The molecule has 1 amide bonds. The summed E-state index contributed by atoms with van der Waals surface area (Å²) in [4.78, 5) is 16.9. The molecule has 0 bridgehead atoms. The van der Waals surface area contributed by atoms with Crippen LogP contribution in [0.3, 0.4) is 0 Å². The van der Waals surface area contributed by atoms with Crippen molar-refractivity contribution in [3.8, 4) is 0 Å². The number of fused-ring (bicyclic) bond motifs is 1. The fourth-order valence-corrected chi connectivity index (χ4v) is 4.60. The van der Waals surface area contributed by atoms with Crippen LogP contribution in [0, 0.1) is 0 Å². The summed E-state index contributed by atoms with van der Waals surface area (Å²) in [5, 5.41) is 9.39. The molecule has 0 saturated carbocycles. The number of halogens is 1. The van der Waals surface area contributed by atoms with E-state index in [-0.39, 0.29) is 47.2 Å². The third-order valence-corrected chi connectivity index (χ3v) is 7.02. The minimum Gasteiger partial charge on any atom is -0.357 e. The third-order valence-electron chi connectivity index (χ3n) is 5.11. The Morgan fingerprint density at radius 2 is 1.81 bits per heavy atom. The Balaban J connectivity index is 0.00000363. The van der Waals surface area contributed by atoms with E-state index in [9.17, 15) is 13.2 Å². The summed E-state index contributed by atoms with van der Waals surface area (Å²) < 4.78 is 26.4. The average Bonchev–Trinajstić information content (AvgIpc) is 2.75. The van der Waals surface area contributed by atoms with Gasteiger partial charge in [0, 0.05) is 45.2 Å². The second kappa shape index (κ2) is 11.6. The van der Waals surface area contributed by atoms with Crippen LogP contribution in [-0.4, -0.2) is 51.8 Å². The van der Waals surface area contributed by atoms with Crippen molar-refractivity contribution in [1.82, 2.24) is 14.9 Å². The summed E-state index contributed by atoms with van der Waals surface area (Å²) in [6, 6.07) is 14.7. The number of nitrogens with one attached hydrogen (secondary N) is 3. The smallest absolute Gasteiger partial charge is 0.242 e. The van der Waals surface area contributed by atoms with Crippen LogP contribution >= 0.6 is 24.0 Å². The third kappa shape index (κ3) is 6.20. The van der Waals surface area contributed by atoms with Crippen LogP contribution in [0.1, 0.15) is 30.4 Å². The molecule has 8 nitrogen and oxygen atoms in total. The lowest BCUT2D eigenvalue weighted by atomic mass is 9.90. The van der Waals surface area contributed by atoms with E-state index in [2.05, 4.69) is 20.9 Å². The van der Waals surface area contributed by atoms with Gasteiger partial charge in [0.2, 0.25) is 15.9 Å². The van der Waals surface area contributed by atoms with E-state index in [1.54, 1.807) is 24.3 Å². The molecule has 3 N–H and O–H groups in total. The standard InChI is InChI=1S/C22H29N5O3S.HI/c1-4-23-22(24-14-16-9-5-8-12-20(16)31(29,30)27(2)3)25-15-17-13-21(28)26-19-11-7-6-10-18(17)19;/h5-12,17H,4,13-15H2,1-3H3,(H,26,28)(H2,23,24,25);1H. The number of amides is 1. The first-order valence-electron chi connectivity index (χ1n) is 10.2. The molecule has 10 heteroatoms. The van der Waals surface area contributed by atoms with Crippen molar-refractivity contribution in [1.29, 1.82) is 0 Å². The largest absolute Gasteiger partial charge is 0.357 e. The molecule has 0 fully saturated rings. The van der Waals surface area contributed by atoms with Crippen LogP contribution in [0.15, 0.2) is 58.4 Å². The maximum Gasteiger partial charge on any atom is 0.242 e. The van der Waals surface area contributed by atoms with Gasteiger partial charge in [0.25, 0.3) is 0 Å². The Morgan fingerprint density at radius 3 is 2.53 bits per heavy atom. The van der Waals surface area contributed by atoms with E-state index in [4.69, 9.17) is 0 Å². The van der Waals surface area contributed by atoms with Gasteiger partial charge in [-0.05, 0) is 30.2 Å². The topological polar surface area (TPSA) is 103 Å². The van der Waals surface area contributed by atoms with Gasteiger partial charge in [0.1, 0.15) is 0 Å². The fourth-order valence-electron chi connectivity index (χ4n) is 3.49. The summed E-state index contributed by atoms with van der Waals surface area (Å²) in [7, 11) is -0.532. The molecule has 0 spiro atoms. The first-order chi connectivity index (χ1) is 14.8. The highest BCUT2D eigenvalue weighted by Crippen LogP contribution is 2.31. The molecule has 1 heterocycles. The number of nitrogens with zero attached hydrogens (tertiary/aromatic N) is 2. The maximum atomic E-state index is 12.6. The molecule has 0 saturated heterocycles. The number of rotatable bonds is 7. The highest BCUT2D eigenvalue weighted by molar-refractivity contribution is 14.0. The van der Waals surface area contributed by atoms with Gasteiger partial charge in [-0.1, -0.05) is 36.4 Å². The van der Waals surface area contributed by atoms with Crippen LogP contribution in [0.5, 0.6) is 0 Å². The number of aliphatic imine (C=N–C) groups is 1. The molecular formula is C22H30IN5O3S. The Morgan fingerprint density at radius 1 is 1.12 bits per heavy atom. The van der Waals surface area contributed by atoms with Crippen LogP contribution in [0.4, 0.5) is 5.69 Å². The fraction of sp³-hybridized carbons (Fsp3) is 0.364. The quantitative estimate of drug-likeness (QED) is 0.270. The molecule has 1 aliphatic rings. The first kappa shape index (κ1) is 26.1. The molecule has 0 aromatic heterocycles.